The Morgan fingerprint density at radius 2 is 1.65 bits per heavy atom. The summed E-state index contributed by atoms with van der Waals surface area (Å²) in [6.45, 7) is 6.57. The Morgan fingerprint density at radius 3 is 2.10 bits per heavy atom. The van der Waals surface area contributed by atoms with Crippen LogP contribution < -0.4 is 0 Å². The number of rotatable bonds is 0. The second-order valence-corrected chi connectivity index (χ2v) is 5.16. The maximum absolute atomic E-state index is 3.50. The van der Waals surface area contributed by atoms with Gasteiger partial charge in [-0.2, -0.15) is 28.8 Å². The molecule has 2 aliphatic carbocycles. The average Bonchev–Trinajstić information content (AvgIpc) is 2.90. The molecule has 0 bridgehead atoms. The zero-order chi connectivity index (χ0) is 12.3. The number of allylic oxidation sites excluding steroid dienone is 4. The Kier molecular flexibility index (Phi) is 11.5. The fraction of sp³-hybridized carbons (Fsp3) is 0.421. The molecule has 0 nitrogen and oxygen atoms in total. The predicted molar refractivity (Wildman–Crippen MR) is 86.7 cm³/mol. The molecule has 0 amide bonds. The van der Waals surface area contributed by atoms with Crippen LogP contribution >= 0.6 is 0 Å². The van der Waals surface area contributed by atoms with E-state index < -0.39 is 0 Å². The second kappa shape index (κ2) is 10.4. The Balaban J connectivity index is 0. The molecule has 1 unspecified atom stereocenters. The summed E-state index contributed by atoms with van der Waals surface area (Å²) in [5.41, 5.74) is 6.11. The van der Waals surface area contributed by atoms with Gasteiger partial charge in [-0.05, 0) is 6.42 Å². The molecule has 1 atom stereocenters. The maximum Gasteiger partial charge on any atom is 4.00 e. The monoisotopic (exact) mass is 346 g/mol. The molecule has 2 aliphatic rings. The molecule has 1 aromatic rings. The van der Waals surface area contributed by atoms with Crippen LogP contribution in [0.3, 0.4) is 0 Å². The molecule has 0 saturated heterocycles. The Labute approximate surface area is 145 Å². The summed E-state index contributed by atoms with van der Waals surface area (Å²) in [5, 5.41) is 0. The van der Waals surface area contributed by atoms with Gasteiger partial charge in [-0.15, -0.1) is 0 Å². The molecule has 0 spiro atoms. The number of hydrogen-bond donors (Lipinski definition) is 0. The molecular formula is C19H28Zr. The molecule has 0 saturated carbocycles. The summed E-state index contributed by atoms with van der Waals surface area (Å²) in [4.78, 5) is 0. The van der Waals surface area contributed by atoms with Crippen molar-refractivity contribution in [3.63, 3.8) is 0 Å². The molecule has 0 N–H and O–H groups in total. The molecule has 3 rings (SSSR count). The van der Waals surface area contributed by atoms with E-state index in [1.54, 1.807) is 11.1 Å². The van der Waals surface area contributed by atoms with Gasteiger partial charge in [0.1, 0.15) is 0 Å². The first kappa shape index (κ1) is 22.0. The van der Waals surface area contributed by atoms with Crippen molar-refractivity contribution < 1.29 is 26.2 Å². The fourth-order valence-corrected chi connectivity index (χ4v) is 2.80. The Hall–Kier alpha value is -0.287. The van der Waals surface area contributed by atoms with Crippen molar-refractivity contribution in [3.8, 4) is 0 Å². The predicted octanol–water partition coefficient (Wildman–Crippen LogP) is 5.87. The van der Waals surface area contributed by atoms with Gasteiger partial charge in [-0.25, -0.2) is 17.7 Å². The minimum atomic E-state index is 0. The molecule has 108 valence electrons. The van der Waals surface area contributed by atoms with E-state index in [-0.39, 0.29) is 41.1 Å². The third-order valence-electron chi connectivity index (χ3n) is 3.75. The van der Waals surface area contributed by atoms with Gasteiger partial charge >= 0.3 is 26.2 Å². The molecule has 20 heavy (non-hydrogen) atoms. The normalized spacial score (nSPS) is 19.4. The first-order valence-corrected chi connectivity index (χ1v) is 6.69. The average molecular weight is 348 g/mol. The van der Waals surface area contributed by atoms with Gasteiger partial charge in [0.25, 0.3) is 0 Å². The summed E-state index contributed by atoms with van der Waals surface area (Å²) < 4.78 is 0. The van der Waals surface area contributed by atoms with Crippen LogP contribution in [-0.2, 0) is 26.2 Å². The Morgan fingerprint density at radius 1 is 1.10 bits per heavy atom. The van der Waals surface area contributed by atoms with Crippen molar-refractivity contribution in [1.29, 1.82) is 0 Å². The van der Waals surface area contributed by atoms with Crippen molar-refractivity contribution in [2.45, 2.75) is 46.5 Å². The van der Waals surface area contributed by atoms with Crippen LogP contribution in [0, 0.1) is 33.8 Å². The van der Waals surface area contributed by atoms with E-state index in [2.05, 4.69) is 39.0 Å². The van der Waals surface area contributed by atoms with Gasteiger partial charge in [0, 0.05) is 0 Å². The molecule has 0 fully saturated rings. The SMILES string of the molecule is CC1=[C-]C(C)C2=C1CCCC2.C[c-]1cccc1.[CH3-].[CH3-].[Zr+4]. The van der Waals surface area contributed by atoms with Crippen molar-refractivity contribution in [2.75, 3.05) is 0 Å². The standard InChI is InChI=1S/C11H15.C6H7.2CH3.Zr/c1-8-7-9(2)11-6-4-3-5-10(8)11;1-6-4-2-3-5-6;;;/h8H,3-6H2,1-2H3;2-5H,1H3;2*1H3;/q4*-1;+4. The quantitative estimate of drug-likeness (QED) is 0.515. The van der Waals surface area contributed by atoms with Gasteiger partial charge < -0.3 is 14.9 Å². The largest absolute Gasteiger partial charge is 4.00 e. The van der Waals surface area contributed by atoms with Crippen molar-refractivity contribution in [3.05, 3.63) is 67.5 Å². The smallest absolute Gasteiger partial charge is 0.358 e. The van der Waals surface area contributed by atoms with Crippen molar-refractivity contribution >= 4 is 0 Å². The van der Waals surface area contributed by atoms with Crippen LogP contribution in [0.2, 0.25) is 0 Å². The summed E-state index contributed by atoms with van der Waals surface area (Å²) in [6, 6.07) is 8.24. The molecule has 0 aromatic heterocycles. The second-order valence-electron chi connectivity index (χ2n) is 5.16. The molecule has 0 aliphatic heterocycles. The van der Waals surface area contributed by atoms with Gasteiger partial charge in [-0.3, -0.25) is 6.08 Å². The van der Waals surface area contributed by atoms with Crippen LogP contribution in [0.5, 0.6) is 0 Å². The van der Waals surface area contributed by atoms with Crippen LogP contribution in [-0.4, -0.2) is 0 Å². The minimum absolute atomic E-state index is 0. The van der Waals surface area contributed by atoms with E-state index in [9.17, 15) is 0 Å². The molecule has 0 heterocycles. The van der Waals surface area contributed by atoms with E-state index in [0.717, 1.165) is 0 Å². The van der Waals surface area contributed by atoms with Gasteiger partial charge in [0.15, 0.2) is 0 Å². The van der Waals surface area contributed by atoms with E-state index in [4.69, 9.17) is 0 Å². The topological polar surface area (TPSA) is 0 Å². The third kappa shape index (κ3) is 5.60. The zero-order valence-electron chi connectivity index (χ0n) is 13.7. The van der Waals surface area contributed by atoms with Crippen LogP contribution in [0.1, 0.15) is 45.1 Å². The van der Waals surface area contributed by atoms with Crippen molar-refractivity contribution in [1.82, 2.24) is 0 Å². The first-order valence-electron chi connectivity index (χ1n) is 6.69. The van der Waals surface area contributed by atoms with Crippen LogP contribution in [0.25, 0.3) is 0 Å². The van der Waals surface area contributed by atoms with E-state index >= 15 is 0 Å². The zero-order valence-corrected chi connectivity index (χ0v) is 16.2. The van der Waals surface area contributed by atoms with Crippen molar-refractivity contribution in [2.24, 2.45) is 5.92 Å². The van der Waals surface area contributed by atoms with Gasteiger partial charge in [0.2, 0.25) is 0 Å². The minimum Gasteiger partial charge on any atom is -0.358 e. The summed E-state index contributed by atoms with van der Waals surface area (Å²) in [5.74, 6) is 0.630. The van der Waals surface area contributed by atoms with Gasteiger partial charge in [-0.1, -0.05) is 46.0 Å². The number of hydrogen-bond acceptors (Lipinski definition) is 0. The molecule has 0 radical (unpaired) electrons. The van der Waals surface area contributed by atoms with E-state index in [0.29, 0.717) is 5.92 Å². The van der Waals surface area contributed by atoms with Gasteiger partial charge in [0.05, 0.1) is 0 Å². The summed E-state index contributed by atoms with van der Waals surface area (Å²) in [6.07, 6.45) is 8.95. The molecule has 1 heteroatoms. The summed E-state index contributed by atoms with van der Waals surface area (Å²) in [7, 11) is 0. The first-order chi connectivity index (χ1) is 8.18. The van der Waals surface area contributed by atoms with E-state index in [1.807, 2.05) is 12.1 Å². The molecular weight excluding hydrogens is 319 g/mol. The fourth-order valence-electron chi connectivity index (χ4n) is 2.80. The van der Waals surface area contributed by atoms with E-state index in [1.165, 1.54) is 36.8 Å². The summed E-state index contributed by atoms with van der Waals surface area (Å²) >= 11 is 0. The number of aryl methyl sites for hydroxylation is 1. The maximum atomic E-state index is 3.50. The van der Waals surface area contributed by atoms with Crippen LogP contribution in [0.15, 0.2) is 41.0 Å². The Bertz CT molecular complexity index is 421. The van der Waals surface area contributed by atoms with Crippen LogP contribution in [0.4, 0.5) is 0 Å². The third-order valence-corrected chi connectivity index (χ3v) is 3.75. The molecule has 1 aromatic carbocycles.